The largest absolute Gasteiger partial charge is 0.378 e. The maximum absolute atomic E-state index is 11.8. The zero-order chi connectivity index (χ0) is 11.2. The lowest BCUT2D eigenvalue weighted by molar-refractivity contribution is -0.126. The Balaban J connectivity index is 1.59. The van der Waals surface area contributed by atoms with Gasteiger partial charge in [0.05, 0.1) is 6.10 Å². The van der Waals surface area contributed by atoms with Gasteiger partial charge in [0, 0.05) is 19.1 Å². The number of carbonyl (C=O) groups is 1. The molecule has 0 bridgehead atoms. The Morgan fingerprint density at radius 1 is 1.12 bits per heavy atom. The van der Waals surface area contributed by atoms with Crippen LogP contribution in [0.4, 0.5) is 0 Å². The zero-order valence-electron chi connectivity index (χ0n) is 10.0. The summed E-state index contributed by atoms with van der Waals surface area (Å²) in [5.74, 6) is 0.566. The van der Waals surface area contributed by atoms with E-state index in [4.69, 9.17) is 4.74 Å². The predicted molar refractivity (Wildman–Crippen MR) is 63.2 cm³/mol. The smallest absolute Gasteiger partial charge is 0.223 e. The standard InChI is InChI=1S/C13H23NO2/c15-13(11-5-2-1-3-6-11)14-9-8-12-7-4-10-16-12/h11-12H,1-10H2,(H,14,15). The van der Waals surface area contributed by atoms with Crippen LogP contribution in [0.5, 0.6) is 0 Å². The van der Waals surface area contributed by atoms with Crippen molar-refractivity contribution in [3.05, 3.63) is 0 Å². The summed E-state index contributed by atoms with van der Waals surface area (Å²) in [7, 11) is 0. The fraction of sp³-hybridized carbons (Fsp3) is 0.923. The van der Waals surface area contributed by atoms with Crippen molar-refractivity contribution in [2.24, 2.45) is 5.92 Å². The van der Waals surface area contributed by atoms with Crippen LogP contribution >= 0.6 is 0 Å². The minimum atomic E-state index is 0.276. The SMILES string of the molecule is O=C(NCCC1CCCO1)C1CCCCC1. The number of carbonyl (C=O) groups excluding carboxylic acids is 1. The van der Waals surface area contributed by atoms with Gasteiger partial charge in [-0.05, 0) is 32.1 Å². The Labute approximate surface area is 97.9 Å². The number of hydrogen-bond acceptors (Lipinski definition) is 2. The van der Waals surface area contributed by atoms with Gasteiger partial charge in [-0.1, -0.05) is 19.3 Å². The average Bonchev–Trinajstić information content (AvgIpc) is 2.83. The summed E-state index contributed by atoms with van der Waals surface area (Å²) < 4.78 is 5.53. The van der Waals surface area contributed by atoms with Crippen LogP contribution in [-0.2, 0) is 9.53 Å². The molecule has 1 amide bonds. The topological polar surface area (TPSA) is 38.3 Å². The Kier molecular flexibility index (Phi) is 4.64. The molecule has 1 N–H and O–H groups in total. The van der Waals surface area contributed by atoms with Crippen LogP contribution in [0.1, 0.15) is 51.4 Å². The van der Waals surface area contributed by atoms with Crippen molar-refractivity contribution in [1.29, 1.82) is 0 Å². The van der Waals surface area contributed by atoms with E-state index in [2.05, 4.69) is 5.32 Å². The molecule has 1 unspecified atom stereocenters. The summed E-state index contributed by atoms with van der Waals surface area (Å²) in [6.45, 7) is 1.70. The van der Waals surface area contributed by atoms with Crippen LogP contribution in [-0.4, -0.2) is 25.2 Å². The molecule has 0 aromatic heterocycles. The molecule has 1 heterocycles. The second kappa shape index (κ2) is 6.24. The Morgan fingerprint density at radius 3 is 2.62 bits per heavy atom. The van der Waals surface area contributed by atoms with Gasteiger partial charge in [0.25, 0.3) is 0 Å². The molecule has 1 aliphatic carbocycles. The van der Waals surface area contributed by atoms with Gasteiger partial charge in [-0.25, -0.2) is 0 Å². The van der Waals surface area contributed by atoms with Gasteiger partial charge >= 0.3 is 0 Å². The maximum atomic E-state index is 11.8. The second-order valence-electron chi connectivity index (χ2n) is 5.05. The van der Waals surface area contributed by atoms with Crippen LogP contribution in [0.3, 0.4) is 0 Å². The lowest BCUT2D eigenvalue weighted by Gasteiger charge is -2.21. The normalized spacial score (nSPS) is 26.9. The van der Waals surface area contributed by atoms with Crippen LogP contribution in [0, 0.1) is 5.92 Å². The van der Waals surface area contributed by atoms with Gasteiger partial charge in [0.15, 0.2) is 0 Å². The van der Waals surface area contributed by atoms with Crippen molar-refractivity contribution < 1.29 is 9.53 Å². The summed E-state index contributed by atoms with van der Waals surface area (Å²) in [5.41, 5.74) is 0. The van der Waals surface area contributed by atoms with Gasteiger partial charge in [0.1, 0.15) is 0 Å². The highest BCUT2D eigenvalue weighted by molar-refractivity contribution is 5.78. The molecule has 1 aliphatic heterocycles. The van der Waals surface area contributed by atoms with E-state index in [1.54, 1.807) is 0 Å². The van der Waals surface area contributed by atoms with Crippen LogP contribution < -0.4 is 5.32 Å². The average molecular weight is 225 g/mol. The number of hydrogen-bond donors (Lipinski definition) is 1. The summed E-state index contributed by atoms with van der Waals surface area (Å²) >= 11 is 0. The number of amides is 1. The quantitative estimate of drug-likeness (QED) is 0.797. The van der Waals surface area contributed by atoms with Gasteiger partial charge in [-0.15, -0.1) is 0 Å². The van der Waals surface area contributed by atoms with E-state index >= 15 is 0 Å². The molecule has 3 heteroatoms. The Bertz CT molecular complexity index is 218. The lowest BCUT2D eigenvalue weighted by atomic mass is 9.88. The van der Waals surface area contributed by atoms with Crippen molar-refractivity contribution in [3.8, 4) is 0 Å². The molecular weight excluding hydrogens is 202 g/mol. The molecule has 0 aromatic carbocycles. The zero-order valence-corrected chi connectivity index (χ0v) is 10.0. The minimum Gasteiger partial charge on any atom is -0.378 e. The molecule has 1 saturated carbocycles. The Morgan fingerprint density at radius 2 is 1.94 bits per heavy atom. The molecule has 0 radical (unpaired) electrons. The van der Waals surface area contributed by atoms with E-state index in [1.165, 1.54) is 32.1 Å². The highest BCUT2D eigenvalue weighted by Gasteiger charge is 2.21. The number of rotatable bonds is 4. The molecule has 2 aliphatic rings. The number of ether oxygens (including phenoxy) is 1. The Hall–Kier alpha value is -0.570. The molecule has 2 rings (SSSR count). The fourth-order valence-electron chi connectivity index (χ4n) is 2.74. The first kappa shape index (κ1) is 11.9. The van der Waals surface area contributed by atoms with E-state index in [-0.39, 0.29) is 5.91 Å². The van der Waals surface area contributed by atoms with E-state index < -0.39 is 0 Å². The molecule has 0 aromatic rings. The predicted octanol–water partition coefficient (Wildman–Crippen LogP) is 2.25. The molecule has 1 saturated heterocycles. The van der Waals surface area contributed by atoms with E-state index in [1.807, 2.05) is 0 Å². The molecule has 2 fully saturated rings. The first-order valence-electron chi connectivity index (χ1n) is 6.75. The lowest BCUT2D eigenvalue weighted by Crippen LogP contribution is -2.33. The van der Waals surface area contributed by atoms with Crippen LogP contribution in [0.15, 0.2) is 0 Å². The number of nitrogens with one attached hydrogen (secondary N) is 1. The van der Waals surface area contributed by atoms with Crippen molar-refractivity contribution in [1.82, 2.24) is 5.32 Å². The van der Waals surface area contributed by atoms with Gasteiger partial charge < -0.3 is 10.1 Å². The molecule has 3 nitrogen and oxygen atoms in total. The molecule has 0 spiro atoms. The summed E-state index contributed by atoms with van der Waals surface area (Å²) in [4.78, 5) is 11.8. The monoisotopic (exact) mass is 225 g/mol. The van der Waals surface area contributed by atoms with E-state index in [9.17, 15) is 4.79 Å². The first-order chi connectivity index (χ1) is 7.86. The summed E-state index contributed by atoms with van der Waals surface area (Å²) in [6, 6.07) is 0. The third-order valence-corrected chi connectivity index (χ3v) is 3.77. The van der Waals surface area contributed by atoms with E-state index in [0.29, 0.717) is 12.0 Å². The second-order valence-corrected chi connectivity index (χ2v) is 5.05. The highest BCUT2D eigenvalue weighted by Crippen LogP contribution is 2.23. The maximum Gasteiger partial charge on any atom is 0.223 e. The van der Waals surface area contributed by atoms with Crippen molar-refractivity contribution in [2.45, 2.75) is 57.5 Å². The third kappa shape index (κ3) is 3.48. The van der Waals surface area contributed by atoms with Gasteiger partial charge in [0.2, 0.25) is 5.91 Å². The van der Waals surface area contributed by atoms with Crippen molar-refractivity contribution in [3.63, 3.8) is 0 Å². The highest BCUT2D eigenvalue weighted by atomic mass is 16.5. The summed E-state index contributed by atoms with van der Waals surface area (Å²) in [5, 5.41) is 3.06. The van der Waals surface area contributed by atoms with Gasteiger partial charge in [-0.2, -0.15) is 0 Å². The molecular formula is C13H23NO2. The molecule has 92 valence electrons. The summed E-state index contributed by atoms with van der Waals surface area (Å²) in [6.07, 6.45) is 9.66. The molecule has 1 atom stereocenters. The molecule has 16 heavy (non-hydrogen) atoms. The van der Waals surface area contributed by atoms with Crippen LogP contribution in [0.2, 0.25) is 0 Å². The van der Waals surface area contributed by atoms with Crippen molar-refractivity contribution in [2.75, 3.05) is 13.2 Å². The first-order valence-corrected chi connectivity index (χ1v) is 6.75. The third-order valence-electron chi connectivity index (χ3n) is 3.77. The minimum absolute atomic E-state index is 0.276. The van der Waals surface area contributed by atoms with Crippen molar-refractivity contribution >= 4 is 5.91 Å². The van der Waals surface area contributed by atoms with Gasteiger partial charge in [-0.3, -0.25) is 4.79 Å². The fourth-order valence-corrected chi connectivity index (χ4v) is 2.74. The van der Waals surface area contributed by atoms with Crippen LogP contribution in [0.25, 0.3) is 0 Å². The van der Waals surface area contributed by atoms with E-state index in [0.717, 1.165) is 32.4 Å².